The first-order valence-corrected chi connectivity index (χ1v) is 11.9. The second kappa shape index (κ2) is 15.8. The SMILES string of the molecule is CCOC(CO[C@H](CCO)[C@@H](Cc1ccc(F)cc1)[C@H](C)OCc1ccc(OC)cc1)OCC. The van der Waals surface area contributed by atoms with Crippen LogP contribution in [-0.2, 0) is 32.0 Å². The Hall–Kier alpha value is -2.03. The molecule has 0 spiro atoms. The number of halogens is 1. The zero-order chi connectivity index (χ0) is 24.8. The Morgan fingerprint density at radius 3 is 2.03 bits per heavy atom. The van der Waals surface area contributed by atoms with Crippen molar-refractivity contribution < 1.29 is 33.2 Å². The normalized spacial score (nSPS) is 14.2. The molecule has 0 heterocycles. The summed E-state index contributed by atoms with van der Waals surface area (Å²) in [5, 5.41) is 9.75. The molecule has 190 valence electrons. The average Bonchev–Trinajstić information content (AvgIpc) is 2.85. The lowest BCUT2D eigenvalue weighted by Crippen LogP contribution is -2.38. The summed E-state index contributed by atoms with van der Waals surface area (Å²) in [6.45, 7) is 7.50. The van der Waals surface area contributed by atoms with E-state index in [9.17, 15) is 9.50 Å². The molecule has 0 fully saturated rings. The Morgan fingerprint density at radius 2 is 1.47 bits per heavy atom. The van der Waals surface area contributed by atoms with E-state index in [1.807, 2.05) is 45.0 Å². The van der Waals surface area contributed by atoms with Crippen LogP contribution in [0.25, 0.3) is 0 Å². The number of aliphatic hydroxyl groups is 1. The number of ether oxygens (including phenoxy) is 5. The zero-order valence-electron chi connectivity index (χ0n) is 20.7. The molecular formula is C27H39FO6. The topological polar surface area (TPSA) is 66.4 Å². The van der Waals surface area contributed by atoms with Crippen molar-refractivity contribution in [1.29, 1.82) is 0 Å². The molecule has 0 unspecified atom stereocenters. The molecule has 1 N–H and O–H groups in total. The molecule has 7 heteroatoms. The van der Waals surface area contributed by atoms with Gasteiger partial charge in [0.25, 0.3) is 0 Å². The summed E-state index contributed by atoms with van der Waals surface area (Å²) in [6.07, 6.45) is 0.0827. The first-order chi connectivity index (χ1) is 16.5. The van der Waals surface area contributed by atoms with Crippen molar-refractivity contribution >= 4 is 0 Å². The highest BCUT2D eigenvalue weighted by molar-refractivity contribution is 5.26. The van der Waals surface area contributed by atoms with E-state index in [1.165, 1.54) is 12.1 Å². The van der Waals surface area contributed by atoms with Crippen molar-refractivity contribution in [2.24, 2.45) is 5.92 Å². The van der Waals surface area contributed by atoms with E-state index in [-0.39, 0.29) is 37.2 Å². The van der Waals surface area contributed by atoms with Crippen LogP contribution >= 0.6 is 0 Å². The fraction of sp³-hybridized carbons (Fsp3) is 0.556. The minimum atomic E-state index is -0.474. The third kappa shape index (κ3) is 9.68. The highest BCUT2D eigenvalue weighted by Gasteiger charge is 2.29. The molecule has 0 aliphatic rings. The standard InChI is InChI=1S/C27H39FO6/c1-5-31-27(32-6-2)19-34-26(15-16-29)25(17-21-7-11-23(28)12-8-21)20(3)33-18-22-9-13-24(30-4)14-10-22/h7-14,20,25-27,29H,5-6,15-19H2,1-4H3/t20-,25-,26+/m0/s1. The van der Waals surface area contributed by atoms with Gasteiger partial charge in [-0.15, -0.1) is 0 Å². The van der Waals surface area contributed by atoms with E-state index in [1.54, 1.807) is 19.2 Å². The van der Waals surface area contributed by atoms with Crippen LogP contribution in [0, 0.1) is 11.7 Å². The van der Waals surface area contributed by atoms with Gasteiger partial charge in [-0.3, -0.25) is 0 Å². The summed E-state index contributed by atoms with van der Waals surface area (Å²) < 4.78 is 42.4. The van der Waals surface area contributed by atoms with Gasteiger partial charge in [-0.2, -0.15) is 0 Å². The first-order valence-electron chi connectivity index (χ1n) is 11.9. The fourth-order valence-electron chi connectivity index (χ4n) is 3.83. The largest absolute Gasteiger partial charge is 0.497 e. The quantitative estimate of drug-likeness (QED) is 0.331. The zero-order valence-corrected chi connectivity index (χ0v) is 20.7. The lowest BCUT2D eigenvalue weighted by atomic mass is 9.88. The van der Waals surface area contributed by atoms with Crippen LogP contribution in [-0.4, -0.2) is 57.1 Å². The summed E-state index contributed by atoms with van der Waals surface area (Å²) in [4.78, 5) is 0. The van der Waals surface area contributed by atoms with Crippen molar-refractivity contribution in [3.8, 4) is 5.75 Å². The lowest BCUT2D eigenvalue weighted by Gasteiger charge is -2.33. The van der Waals surface area contributed by atoms with Gasteiger partial charge in [-0.1, -0.05) is 24.3 Å². The van der Waals surface area contributed by atoms with Gasteiger partial charge in [0.1, 0.15) is 11.6 Å². The number of aliphatic hydroxyl groups excluding tert-OH is 1. The monoisotopic (exact) mass is 478 g/mol. The number of rotatable bonds is 17. The number of methoxy groups -OCH3 is 1. The predicted octanol–water partition coefficient (Wildman–Crippen LogP) is 4.77. The number of hydrogen-bond donors (Lipinski definition) is 1. The van der Waals surface area contributed by atoms with Gasteiger partial charge in [0, 0.05) is 25.7 Å². The van der Waals surface area contributed by atoms with Crippen molar-refractivity contribution in [1.82, 2.24) is 0 Å². The molecule has 0 aromatic heterocycles. The maximum absolute atomic E-state index is 13.5. The van der Waals surface area contributed by atoms with Crippen LogP contribution < -0.4 is 4.74 Å². The lowest BCUT2D eigenvalue weighted by molar-refractivity contribution is -0.186. The molecule has 0 saturated carbocycles. The highest BCUT2D eigenvalue weighted by atomic mass is 19.1. The molecule has 0 aliphatic heterocycles. The summed E-state index contributed by atoms with van der Waals surface area (Å²) in [7, 11) is 1.64. The molecule has 6 nitrogen and oxygen atoms in total. The Balaban J connectivity index is 2.15. The Kier molecular flexibility index (Phi) is 13.1. The minimum Gasteiger partial charge on any atom is -0.497 e. The molecule has 2 aromatic carbocycles. The maximum Gasteiger partial charge on any atom is 0.180 e. The van der Waals surface area contributed by atoms with Gasteiger partial charge in [-0.25, -0.2) is 4.39 Å². The predicted molar refractivity (Wildman–Crippen MR) is 129 cm³/mol. The Bertz CT molecular complexity index is 777. The van der Waals surface area contributed by atoms with Crippen molar-refractivity contribution in [3.05, 3.63) is 65.5 Å². The van der Waals surface area contributed by atoms with Gasteiger partial charge in [0.2, 0.25) is 0 Å². The Labute approximate surface area is 202 Å². The molecule has 0 amide bonds. The van der Waals surface area contributed by atoms with Crippen LogP contribution in [0.3, 0.4) is 0 Å². The van der Waals surface area contributed by atoms with E-state index < -0.39 is 6.29 Å². The average molecular weight is 479 g/mol. The van der Waals surface area contributed by atoms with Crippen molar-refractivity contribution in [2.45, 2.75) is 58.7 Å². The molecule has 0 radical (unpaired) electrons. The highest BCUT2D eigenvalue weighted by Crippen LogP contribution is 2.25. The fourth-order valence-corrected chi connectivity index (χ4v) is 3.83. The molecular weight excluding hydrogens is 439 g/mol. The van der Waals surface area contributed by atoms with Gasteiger partial charge < -0.3 is 28.8 Å². The van der Waals surface area contributed by atoms with E-state index >= 15 is 0 Å². The van der Waals surface area contributed by atoms with E-state index in [0.29, 0.717) is 32.7 Å². The third-order valence-corrected chi connectivity index (χ3v) is 5.70. The molecule has 34 heavy (non-hydrogen) atoms. The Morgan fingerprint density at radius 1 is 0.853 bits per heavy atom. The molecule has 3 atom stereocenters. The summed E-state index contributed by atoms with van der Waals surface area (Å²) >= 11 is 0. The molecule has 0 bridgehead atoms. The summed E-state index contributed by atoms with van der Waals surface area (Å²) in [5.41, 5.74) is 2.00. The molecule has 0 saturated heterocycles. The van der Waals surface area contributed by atoms with Crippen LogP contribution in [0.5, 0.6) is 5.75 Å². The van der Waals surface area contributed by atoms with Crippen molar-refractivity contribution in [3.63, 3.8) is 0 Å². The van der Waals surface area contributed by atoms with Crippen LogP contribution in [0.4, 0.5) is 4.39 Å². The van der Waals surface area contributed by atoms with Gasteiger partial charge in [-0.05, 0) is 69.0 Å². The van der Waals surface area contributed by atoms with Gasteiger partial charge in [0.05, 0.1) is 32.5 Å². The van der Waals surface area contributed by atoms with Gasteiger partial charge >= 0.3 is 0 Å². The number of benzene rings is 2. The van der Waals surface area contributed by atoms with Crippen LogP contribution in [0.1, 0.15) is 38.3 Å². The summed E-state index contributed by atoms with van der Waals surface area (Å²) in [6, 6.07) is 14.2. The van der Waals surface area contributed by atoms with E-state index in [4.69, 9.17) is 23.7 Å². The second-order valence-electron chi connectivity index (χ2n) is 8.08. The smallest absolute Gasteiger partial charge is 0.180 e. The van der Waals surface area contributed by atoms with Crippen LogP contribution in [0.15, 0.2) is 48.5 Å². The molecule has 0 aliphatic carbocycles. The minimum absolute atomic E-state index is 0.0241. The van der Waals surface area contributed by atoms with E-state index in [0.717, 1.165) is 16.9 Å². The van der Waals surface area contributed by atoms with Crippen LogP contribution in [0.2, 0.25) is 0 Å². The molecule has 2 rings (SSSR count). The third-order valence-electron chi connectivity index (χ3n) is 5.70. The first kappa shape index (κ1) is 28.2. The second-order valence-corrected chi connectivity index (χ2v) is 8.08. The van der Waals surface area contributed by atoms with Gasteiger partial charge in [0.15, 0.2) is 6.29 Å². The van der Waals surface area contributed by atoms with E-state index in [2.05, 4.69) is 0 Å². The summed E-state index contributed by atoms with van der Waals surface area (Å²) in [5.74, 6) is 0.434. The van der Waals surface area contributed by atoms with Crippen molar-refractivity contribution in [2.75, 3.05) is 33.5 Å². The number of hydrogen-bond acceptors (Lipinski definition) is 6. The maximum atomic E-state index is 13.5. The molecule has 2 aromatic rings.